The van der Waals surface area contributed by atoms with Crippen LogP contribution in [0.1, 0.15) is 30.3 Å². The zero-order valence-corrected chi connectivity index (χ0v) is 11.3. The summed E-state index contributed by atoms with van der Waals surface area (Å²) in [6.07, 6.45) is 3.48. The average molecular weight is 256 g/mol. The number of hydrogen-bond acceptors (Lipinski definition) is 3. The van der Waals surface area contributed by atoms with Gasteiger partial charge in [-0.25, -0.2) is 0 Å². The molecule has 1 saturated carbocycles. The number of carbonyl (C=O) groups is 1. The van der Waals surface area contributed by atoms with Gasteiger partial charge in [-0.15, -0.1) is 0 Å². The van der Waals surface area contributed by atoms with Crippen LogP contribution in [0.2, 0.25) is 5.02 Å². The molecule has 0 amide bonds. The van der Waals surface area contributed by atoms with Crippen LogP contribution in [0.5, 0.6) is 0 Å². The zero-order chi connectivity index (χ0) is 12.6. The molecular weight excluding hydrogens is 238 g/mol. The van der Waals surface area contributed by atoms with Crippen LogP contribution in [0.25, 0.3) is 0 Å². The third-order valence-electron chi connectivity index (χ3n) is 3.32. The maximum atomic E-state index is 12.3. The molecule has 1 fully saturated rings. The van der Waals surface area contributed by atoms with Crippen LogP contribution < -0.4 is 0 Å². The Labute approximate surface area is 107 Å². The summed E-state index contributed by atoms with van der Waals surface area (Å²) in [5.41, 5.74) is 0.382. The van der Waals surface area contributed by atoms with Crippen LogP contribution in [0, 0.1) is 5.41 Å². The molecule has 1 aliphatic rings. The molecule has 0 unspecified atom stereocenters. The van der Waals surface area contributed by atoms with E-state index in [1.54, 1.807) is 10.9 Å². The maximum Gasteiger partial charge on any atom is 0.188 e. The molecule has 0 radical (unpaired) electrons. The Bertz CT molecular complexity index is 435. The van der Waals surface area contributed by atoms with Crippen molar-refractivity contribution in [1.29, 1.82) is 0 Å². The SMILES string of the molecule is CN(C)CCn1ncc(Cl)c1C(=O)C1(C)CC1. The van der Waals surface area contributed by atoms with Crippen molar-refractivity contribution < 1.29 is 4.79 Å². The second kappa shape index (κ2) is 4.42. The van der Waals surface area contributed by atoms with Crippen molar-refractivity contribution in [1.82, 2.24) is 14.7 Å². The van der Waals surface area contributed by atoms with E-state index in [-0.39, 0.29) is 11.2 Å². The van der Waals surface area contributed by atoms with Crippen molar-refractivity contribution in [3.8, 4) is 0 Å². The summed E-state index contributed by atoms with van der Waals surface area (Å²) in [5.74, 6) is 0.138. The van der Waals surface area contributed by atoms with Crippen LogP contribution >= 0.6 is 11.6 Å². The van der Waals surface area contributed by atoms with Crippen LogP contribution in [-0.4, -0.2) is 41.1 Å². The van der Waals surface area contributed by atoms with E-state index >= 15 is 0 Å². The summed E-state index contributed by atoms with van der Waals surface area (Å²) < 4.78 is 1.73. The molecular formula is C12H18ClN3O. The lowest BCUT2D eigenvalue weighted by atomic mass is 10.0. The topological polar surface area (TPSA) is 38.1 Å². The molecule has 4 nitrogen and oxygen atoms in total. The molecule has 0 N–H and O–H groups in total. The van der Waals surface area contributed by atoms with Crippen molar-refractivity contribution in [2.45, 2.75) is 26.3 Å². The predicted octanol–water partition coefficient (Wildman–Crippen LogP) is 2.08. The molecule has 0 bridgehead atoms. The molecule has 0 saturated heterocycles. The second-order valence-electron chi connectivity index (χ2n) is 5.26. The van der Waals surface area contributed by atoms with E-state index in [0.717, 1.165) is 19.4 Å². The van der Waals surface area contributed by atoms with Gasteiger partial charge in [-0.05, 0) is 26.9 Å². The first kappa shape index (κ1) is 12.6. The molecule has 5 heteroatoms. The van der Waals surface area contributed by atoms with Gasteiger partial charge in [0, 0.05) is 12.0 Å². The highest BCUT2D eigenvalue weighted by atomic mass is 35.5. The number of aromatic nitrogens is 2. The van der Waals surface area contributed by atoms with E-state index in [2.05, 4.69) is 10.00 Å². The minimum atomic E-state index is -0.195. The third-order valence-corrected chi connectivity index (χ3v) is 3.59. The maximum absolute atomic E-state index is 12.3. The van der Waals surface area contributed by atoms with E-state index in [1.807, 2.05) is 21.0 Å². The fourth-order valence-corrected chi connectivity index (χ4v) is 1.98. The third kappa shape index (κ3) is 2.53. The highest BCUT2D eigenvalue weighted by Gasteiger charge is 2.46. The molecule has 2 rings (SSSR count). The minimum Gasteiger partial charge on any atom is -0.308 e. The highest BCUT2D eigenvalue weighted by Crippen LogP contribution is 2.48. The van der Waals surface area contributed by atoms with Crippen molar-refractivity contribution in [3.05, 3.63) is 16.9 Å². The molecule has 17 heavy (non-hydrogen) atoms. The van der Waals surface area contributed by atoms with Crippen molar-refractivity contribution in [2.75, 3.05) is 20.6 Å². The second-order valence-corrected chi connectivity index (χ2v) is 5.66. The molecule has 94 valence electrons. The number of hydrogen-bond donors (Lipinski definition) is 0. The Morgan fingerprint density at radius 1 is 1.59 bits per heavy atom. The van der Waals surface area contributed by atoms with Crippen molar-refractivity contribution in [3.63, 3.8) is 0 Å². The van der Waals surface area contributed by atoms with E-state index in [0.29, 0.717) is 17.3 Å². The predicted molar refractivity (Wildman–Crippen MR) is 67.5 cm³/mol. The first-order valence-corrected chi connectivity index (χ1v) is 6.23. The standard InChI is InChI=1S/C12H18ClN3O/c1-12(4-5-12)11(17)10-9(13)8-14-16(10)7-6-15(2)3/h8H,4-7H2,1-3H3. The minimum absolute atomic E-state index is 0.138. The first-order chi connectivity index (χ1) is 7.94. The van der Waals surface area contributed by atoms with Gasteiger partial charge in [-0.3, -0.25) is 9.48 Å². The summed E-state index contributed by atoms with van der Waals surface area (Å²) in [5, 5.41) is 4.66. The molecule has 0 spiro atoms. The number of Topliss-reactive ketones (excluding diaryl/α,β-unsaturated/α-hetero) is 1. The molecule has 0 atom stereocenters. The van der Waals surface area contributed by atoms with E-state index in [4.69, 9.17) is 11.6 Å². The number of likely N-dealkylation sites (N-methyl/N-ethyl adjacent to an activating group) is 1. The monoisotopic (exact) mass is 255 g/mol. The van der Waals surface area contributed by atoms with Gasteiger partial charge in [-0.1, -0.05) is 18.5 Å². The average Bonchev–Trinajstić information content (AvgIpc) is 2.90. The molecule has 1 aromatic heterocycles. The van der Waals surface area contributed by atoms with Gasteiger partial charge in [0.1, 0.15) is 5.69 Å². The van der Waals surface area contributed by atoms with Crippen molar-refractivity contribution in [2.24, 2.45) is 5.41 Å². The van der Waals surface area contributed by atoms with Crippen LogP contribution in [0.3, 0.4) is 0 Å². The summed E-state index contributed by atoms with van der Waals surface area (Å²) in [7, 11) is 3.99. The van der Waals surface area contributed by atoms with Gasteiger partial charge in [0.15, 0.2) is 5.78 Å². The summed E-state index contributed by atoms with van der Waals surface area (Å²) in [6.45, 7) is 3.53. The van der Waals surface area contributed by atoms with Crippen molar-refractivity contribution >= 4 is 17.4 Å². The summed E-state index contributed by atoms with van der Waals surface area (Å²) >= 11 is 6.07. The lowest BCUT2D eigenvalue weighted by Crippen LogP contribution is -2.23. The number of carbonyl (C=O) groups excluding carboxylic acids is 1. The lowest BCUT2D eigenvalue weighted by Gasteiger charge is -2.13. The molecule has 1 aliphatic carbocycles. The Balaban J connectivity index is 2.20. The summed E-state index contributed by atoms with van der Waals surface area (Å²) in [6, 6.07) is 0. The van der Waals surface area contributed by atoms with Gasteiger partial charge < -0.3 is 4.90 Å². The van der Waals surface area contributed by atoms with E-state index in [9.17, 15) is 4.79 Å². The van der Waals surface area contributed by atoms with E-state index in [1.165, 1.54) is 0 Å². The number of ketones is 1. The van der Waals surface area contributed by atoms with Gasteiger partial charge in [0.25, 0.3) is 0 Å². The Kier molecular flexibility index (Phi) is 3.27. The fraction of sp³-hybridized carbons (Fsp3) is 0.667. The highest BCUT2D eigenvalue weighted by molar-refractivity contribution is 6.33. The van der Waals surface area contributed by atoms with Gasteiger partial charge in [0.05, 0.1) is 17.8 Å². The summed E-state index contributed by atoms with van der Waals surface area (Å²) in [4.78, 5) is 14.4. The molecule has 0 aromatic carbocycles. The molecule has 1 aromatic rings. The molecule has 1 heterocycles. The number of nitrogens with zero attached hydrogens (tertiary/aromatic N) is 3. The van der Waals surface area contributed by atoms with Crippen LogP contribution in [0.15, 0.2) is 6.20 Å². The quantitative estimate of drug-likeness (QED) is 0.756. The molecule has 0 aliphatic heterocycles. The first-order valence-electron chi connectivity index (χ1n) is 5.85. The lowest BCUT2D eigenvalue weighted by molar-refractivity contribution is 0.0900. The fourth-order valence-electron chi connectivity index (χ4n) is 1.75. The number of halogens is 1. The Morgan fingerprint density at radius 2 is 2.24 bits per heavy atom. The zero-order valence-electron chi connectivity index (χ0n) is 10.5. The Hall–Kier alpha value is -0.870. The normalized spacial score (nSPS) is 17.5. The number of rotatable bonds is 5. The smallest absolute Gasteiger partial charge is 0.188 e. The van der Waals surface area contributed by atoms with E-state index < -0.39 is 0 Å². The van der Waals surface area contributed by atoms with Gasteiger partial charge in [-0.2, -0.15) is 5.10 Å². The van der Waals surface area contributed by atoms with Gasteiger partial charge >= 0.3 is 0 Å². The van der Waals surface area contributed by atoms with Gasteiger partial charge in [0.2, 0.25) is 0 Å². The largest absolute Gasteiger partial charge is 0.308 e. The Morgan fingerprint density at radius 3 is 2.76 bits per heavy atom. The van der Waals surface area contributed by atoms with Crippen LogP contribution in [0.4, 0.5) is 0 Å². The van der Waals surface area contributed by atoms with Crippen LogP contribution in [-0.2, 0) is 6.54 Å².